The largest absolute Gasteiger partial charge is 0.369 e. The van der Waals surface area contributed by atoms with Crippen molar-refractivity contribution in [3.05, 3.63) is 29.8 Å². The fraction of sp³-hybridized carbons (Fsp3) is 0.529. The number of carbonyl (C=O) groups is 2. The average molecular weight is 365 g/mol. The first-order chi connectivity index (χ1) is 11.9. The Kier molecular flexibility index (Phi) is 4.99. The molecule has 2 N–H and O–H groups in total. The van der Waals surface area contributed by atoms with Crippen LogP contribution in [-0.2, 0) is 14.8 Å². The van der Waals surface area contributed by atoms with Crippen LogP contribution in [-0.4, -0.2) is 50.5 Å². The summed E-state index contributed by atoms with van der Waals surface area (Å²) < 4.78 is 25.7. The molecular formula is C17H23N3O4S. The molecule has 0 spiro atoms. The number of hydrogen-bond donors (Lipinski definition) is 1. The van der Waals surface area contributed by atoms with E-state index >= 15 is 0 Å². The van der Waals surface area contributed by atoms with Crippen molar-refractivity contribution in [2.75, 3.05) is 29.7 Å². The summed E-state index contributed by atoms with van der Waals surface area (Å²) in [6.07, 6.45) is 2.71. The molecule has 0 bridgehead atoms. The van der Waals surface area contributed by atoms with Crippen molar-refractivity contribution < 1.29 is 18.0 Å². The molecule has 25 heavy (non-hydrogen) atoms. The predicted octanol–water partition coefficient (Wildman–Crippen LogP) is 0.954. The van der Waals surface area contributed by atoms with E-state index in [0.29, 0.717) is 50.1 Å². The molecular weight excluding hydrogens is 342 g/mol. The van der Waals surface area contributed by atoms with Gasteiger partial charge in [-0.05, 0) is 49.9 Å². The van der Waals surface area contributed by atoms with Gasteiger partial charge in [0.25, 0.3) is 5.91 Å². The number of sulfonamides is 1. The number of piperidine rings is 1. The van der Waals surface area contributed by atoms with E-state index < -0.39 is 10.0 Å². The van der Waals surface area contributed by atoms with Crippen LogP contribution < -0.4 is 10.0 Å². The number of anilines is 1. The highest BCUT2D eigenvalue weighted by Gasteiger charge is 2.28. The Labute approximate surface area is 147 Å². The fourth-order valence-corrected chi connectivity index (χ4v) is 5.04. The number of nitrogens with zero attached hydrogens (tertiary/aromatic N) is 2. The Bertz CT molecular complexity index is 753. The maximum absolute atomic E-state index is 12.6. The van der Waals surface area contributed by atoms with Gasteiger partial charge in [-0.15, -0.1) is 0 Å². The SMILES string of the molecule is NC(=O)C1CCN(C(=O)c2ccc(N3CCCCS3(=O)=O)cc2)CC1. The van der Waals surface area contributed by atoms with Crippen molar-refractivity contribution in [3.8, 4) is 0 Å². The molecule has 0 unspecified atom stereocenters. The van der Waals surface area contributed by atoms with Crippen LogP contribution >= 0.6 is 0 Å². The first kappa shape index (κ1) is 17.7. The molecule has 0 saturated carbocycles. The topological polar surface area (TPSA) is 101 Å². The van der Waals surface area contributed by atoms with E-state index in [0.717, 1.165) is 6.42 Å². The zero-order valence-corrected chi connectivity index (χ0v) is 14.9. The third-order valence-electron chi connectivity index (χ3n) is 4.94. The number of nitrogens with two attached hydrogens (primary N) is 1. The van der Waals surface area contributed by atoms with Crippen LogP contribution in [0.5, 0.6) is 0 Å². The number of hydrogen-bond acceptors (Lipinski definition) is 4. The molecule has 136 valence electrons. The van der Waals surface area contributed by atoms with E-state index in [2.05, 4.69) is 0 Å². The van der Waals surface area contributed by atoms with Crippen LogP contribution in [0.3, 0.4) is 0 Å². The molecule has 2 aliphatic rings. The highest BCUT2D eigenvalue weighted by atomic mass is 32.2. The lowest BCUT2D eigenvalue weighted by atomic mass is 9.96. The normalized spacial score (nSPS) is 21.1. The van der Waals surface area contributed by atoms with Crippen LogP contribution in [0.15, 0.2) is 24.3 Å². The molecule has 8 heteroatoms. The monoisotopic (exact) mass is 365 g/mol. The maximum atomic E-state index is 12.6. The summed E-state index contributed by atoms with van der Waals surface area (Å²) in [5, 5.41) is 0. The van der Waals surface area contributed by atoms with Crippen LogP contribution in [0.2, 0.25) is 0 Å². The standard InChI is InChI=1S/C17H23N3O4S/c18-16(21)13-7-10-19(11-8-13)17(22)14-3-5-15(6-4-14)20-9-1-2-12-25(20,23)24/h3-6,13H,1-2,7-12H2,(H2,18,21). The van der Waals surface area contributed by atoms with Crippen molar-refractivity contribution in [2.45, 2.75) is 25.7 Å². The molecule has 0 aliphatic carbocycles. The zero-order chi connectivity index (χ0) is 18.0. The Balaban J connectivity index is 1.68. The summed E-state index contributed by atoms with van der Waals surface area (Å²) in [5.41, 5.74) is 6.44. The Morgan fingerprint density at radius 2 is 1.64 bits per heavy atom. The Hall–Kier alpha value is -2.09. The number of likely N-dealkylation sites (tertiary alicyclic amines) is 1. The van der Waals surface area contributed by atoms with Gasteiger partial charge in [0, 0.05) is 31.1 Å². The second-order valence-corrected chi connectivity index (χ2v) is 8.62. The van der Waals surface area contributed by atoms with Gasteiger partial charge in [0.1, 0.15) is 0 Å². The number of primary amides is 1. The first-order valence-corrected chi connectivity index (χ1v) is 10.2. The van der Waals surface area contributed by atoms with Gasteiger partial charge >= 0.3 is 0 Å². The third kappa shape index (κ3) is 3.78. The summed E-state index contributed by atoms with van der Waals surface area (Å²) >= 11 is 0. The summed E-state index contributed by atoms with van der Waals surface area (Å²) in [6.45, 7) is 1.50. The minimum absolute atomic E-state index is 0.101. The van der Waals surface area contributed by atoms with Gasteiger partial charge < -0.3 is 10.6 Å². The van der Waals surface area contributed by atoms with Crippen LogP contribution in [0.4, 0.5) is 5.69 Å². The summed E-state index contributed by atoms with van der Waals surface area (Å²) in [5.74, 6) is -0.395. The van der Waals surface area contributed by atoms with Crippen LogP contribution in [0, 0.1) is 5.92 Å². The summed E-state index contributed by atoms with van der Waals surface area (Å²) in [6, 6.07) is 6.71. The third-order valence-corrected chi connectivity index (χ3v) is 6.81. The smallest absolute Gasteiger partial charge is 0.253 e. The van der Waals surface area contributed by atoms with Crippen LogP contribution in [0.1, 0.15) is 36.0 Å². The van der Waals surface area contributed by atoms with Gasteiger partial charge in [-0.2, -0.15) is 0 Å². The van der Waals surface area contributed by atoms with E-state index in [-0.39, 0.29) is 23.5 Å². The molecule has 7 nitrogen and oxygen atoms in total. The van der Waals surface area contributed by atoms with Gasteiger partial charge in [-0.25, -0.2) is 8.42 Å². The lowest BCUT2D eigenvalue weighted by Crippen LogP contribution is -2.41. The van der Waals surface area contributed by atoms with Crippen molar-refractivity contribution in [1.29, 1.82) is 0 Å². The first-order valence-electron chi connectivity index (χ1n) is 8.57. The van der Waals surface area contributed by atoms with Crippen molar-refractivity contribution in [1.82, 2.24) is 4.90 Å². The van der Waals surface area contributed by atoms with Gasteiger partial charge in [-0.3, -0.25) is 13.9 Å². The molecule has 2 amide bonds. The predicted molar refractivity (Wildman–Crippen MR) is 94.6 cm³/mol. The maximum Gasteiger partial charge on any atom is 0.253 e. The second-order valence-electron chi connectivity index (χ2n) is 6.61. The number of rotatable bonds is 3. The lowest BCUT2D eigenvalue weighted by molar-refractivity contribution is -0.123. The number of benzene rings is 1. The quantitative estimate of drug-likeness (QED) is 0.862. The molecule has 0 atom stereocenters. The minimum atomic E-state index is -3.25. The van der Waals surface area contributed by atoms with E-state index in [1.165, 1.54) is 4.31 Å². The molecule has 2 aliphatic heterocycles. The average Bonchev–Trinajstić information content (AvgIpc) is 2.61. The molecule has 2 heterocycles. The van der Waals surface area contributed by atoms with Gasteiger partial charge in [0.2, 0.25) is 15.9 Å². The molecule has 1 aromatic rings. The summed E-state index contributed by atoms with van der Waals surface area (Å²) in [7, 11) is -3.25. The molecule has 2 fully saturated rings. The van der Waals surface area contributed by atoms with Gasteiger partial charge in [0.05, 0.1) is 11.4 Å². The van der Waals surface area contributed by atoms with Crippen molar-refractivity contribution >= 4 is 27.5 Å². The molecule has 1 aromatic carbocycles. The van der Waals surface area contributed by atoms with E-state index in [1.807, 2.05) is 0 Å². The molecule has 2 saturated heterocycles. The van der Waals surface area contributed by atoms with E-state index in [9.17, 15) is 18.0 Å². The molecule has 0 aromatic heterocycles. The number of amides is 2. The van der Waals surface area contributed by atoms with E-state index in [1.54, 1.807) is 29.2 Å². The Morgan fingerprint density at radius 3 is 2.20 bits per heavy atom. The lowest BCUT2D eigenvalue weighted by Gasteiger charge is -2.31. The zero-order valence-electron chi connectivity index (χ0n) is 14.1. The van der Waals surface area contributed by atoms with Crippen LogP contribution in [0.25, 0.3) is 0 Å². The summed E-state index contributed by atoms with van der Waals surface area (Å²) in [4.78, 5) is 25.5. The van der Waals surface area contributed by atoms with Gasteiger partial charge in [-0.1, -0.05) is 0 Å². The molecule has 3 rings (SSSR count). The minimum Gasteiger partial charge on any atom is -0.369 e. The molecule has 0 radical (unpaired) electrons. The number of carbonyl (C=O) groups excluding carboxylic acids is 2. The second kappa shape index (κ2) is 7.03. The van der Waals surface area contributed by atoms with Crippen molar-refractivity contribution in [2.24, 2.45) is 11.7 Å². The highest BCUT2D eigenvalue weighted by molar-refractivity contribution is 7.92. The van der Waals surface area contributed by atoms with E-state index in [4.69, 9.17) is 5.73 Å². The highest BCUT2D eigenvalue weighted by Crippen LogP contribution is 2.25. The van der Waals surface area contributed by atoms with Crippen molar-refractivity contribution in [3.63, 3.8) is 0 Å². The van der Waals surface area contributed by atoms with Gasteiger partial charge in [0.15, 0.2) is 0 Å². The fourth-order valence-electron chi connectivity index (χ4n) is 3.40. The Morgan fingerprint density at radius 1 is 1.00 bits per heavy atom.